The van der Waals surface area contributed by atoms with Gasteiger partial charge < -0.3 is 16.0 Å². The Labute approximate surface area is 140 Å². The molecule has 0 unspecified atom stereocenters. The molecule has 1 atom stereocenters. The lowest BCUT2D eigenvalue weighted by Gasteiger charge is -2.22. The molecule has 7 nitrogen and oxygen atoms in total. The fourth-order valence-electron chi connectivity index (χ4n) is 2.94. The quantitative estimate of drug-likeness (QED) is 0.861. The molecule has 0 radical (unpaired) electrons. The molecule has 126 valence electrons. The van der Waals surface area contributed by atoms with E-state index in [1.54, 1.807) is 6.20 Å². The van der Waals surface area contributed by atoms with Gasteiger partial charge in [0, 0.05) is 24.8 Å². The molecule has 1 aromatic heterocycles. The molecule has 3 rings (SSSR count). The van der Waals surface area contributed by atoms with Gasteiger partial charge in [0.15, 0.2) is 0 Å². The number of hydrogen-bond acceptors (Lipinski definition) is 3. The smallest absolute Gasteiger partial charge is 0.318 e. The van der Waals surface area contributed by atoms with Gasteiger partial charge in [-0.05, 0) is 18.4 Å². The van der Waals surface area contributed by atoms with Crippen LogP contribution in [0.3, 0.4) is 0 Å². The normalized spacial score (nSPS) is 17.0. The molecule has 1 fully saturated rings. The lowest BCUT2D eigenvalue weighted by molar-refractivity contribution is -0.121. The average Bonchev–Trinajstić information content (AvgIpc) is 3.23. The van der Waals surface area contributed by atoms with Crippen molar-refractivity contribution in [2.45, 2.75) is 32.0 Å². The van der Waals surface area contributed by atoms with E-state index in [1.165, 1.54) is 4.90 Å². The third-order valence-corrected chi connectivity index (χ3v) is 4.16. The first kappa shape index (κ1) is 16.0. The van der Waals surface area contributed by atoms with Crippen molar-refractivity contribution >= 4 is 11.9 Å². The fourth-order valence-corrected chi connectivity index (χ4v) is 2.94. The molecule has 1 saturated heterocycles. The van der Waals surface area contributed by atoms with E-state index in [0.717, 1.165) is 17.5 Å². The molecular weight excluding hydrogens is 306 g/mol. The first-order valence-electron chi connectivity index (χ1n) is 8.02. The minimum absolute atomic E-state index is 0.257. The van der Waals surface area contributed by atoms with Gasteiger partial charge in [-0.15, -0.1) is 0 Å². The Morgan fingerprint density at radius 3 is 2.79 bits per heavy atom. The molecule has 0 bridgehead atoms. The average molecular weight is 327 g/mol. The van der Waals surface area contributed by atoms with Crippen molar-refractivity contribution in [3.05, 3.63) is 53.9 Å². The second-order valence-electron chi connectivity index (χ2n) is 5.94. The van der Waals surface area contributed by atoms with Crippen molar-refractivity contribution in [2.24, 2.45) is 5.73 Å². The van der Waals surface area contributed by atoms with Gasteiger partial charge in [0.1, 0.15) is 6.04 Å². The van der Waals surface area contributed by atoms with Crippen LogP contribution < -0.4 is 11.1 Å². The monoisotopic (exact) mass is 327 g/mol. The predicted octanol–water partition coefficient (Wildman–Crippen LogP) is 1.09. The van der Waals surface area contributed by atoms with Crippen molar-refractivity contribution in [1.29, 1.82) is 0 Å². The highest BCUT2D eigenvalue weighted by Crippen LogP contribution is 2.16. The molecule has 0 saturated carbocycles. The Morgan fingerprint density at radius 1 is 1.25 bits per heavy atom. The molecule has 2 aromatic rings. The molecule has 7 heteroatoms. The van der Waals surface area contributed by atoms with E-state index >= 15 is 0 Å². The van der Waals surface area contributed by atoms with E-state index in [4.69, 9.17) is 5.73 Å². The van der Waals surface area contributed by atoms with Gasteiger partial charge in [0.05, 0.1) is 12.7 Å². The van der Waals surface area contributed by atoms with Crippen LogP contribution in [-0.4, -0.2) is 39.2 Å². The van der Waals surface area contributed by atoms with E-state index in [-0.39, 0.29) is 6.03 Å². The van der Waals surface area contributed by atoms with Gasteiger partial charge in [-0.2, -0.15) is 5.10 Å². The minimum Gasteiger partial charge on any atom is -0.368 e. The summed E-state index contributed by atoms with van der Waals surface area (Å²) in [4.78, 5) is 25.1. The number of hydrogen-bond donors (Lipinski definition) is 2. The topological polar surface area (TPSA) is 93.2 Å². The third-order valence-electron chi connectivity index (χ3n) is 4.16. The molecule has 3 amide bonds. The number of nitrogens with zero attached hydrogens (tertiary/aromatic N) is 3. The van der Waals surface area contributed by atoms with Crippen molar-refractivity contribution in [2.75, 3.05) is 6.54 Å². The molecule has 2 heterocycles. The van der Waals surface area contributed by atoms with E-state index in [0.29, 0.717) is 26.1 Å². The number of carbonyl (C=O) groups excluding carboxylic acids is 2. The van der Waals surface area contributed by atoms with Gasteiger partial charge in [-0.25, -0.2) is 4.79 Å². The minimum atomic E-state index is -0.495. The van der Waals surface area contributed by atoms with Crippen LogP contribution in [0.2, 0.25) is 0 Å². The van der Waals surface area contributed by atoms with Gasteiger partial charge in [-0.3, -0.25) is 9.48 Å². The zero-order valence-electron chi connectivity index (χ0n) is 13.4. The summed E-state index contributed by atoms with van der Waals surface area (Å²) in [7, 11) is 0. The van der Waals surface area contributed by atoms with Crippen LogP contribution in [0.4, 0.5) is 4.79 Å². The second-order valence-corrected chi connectivity index (χ2v) is 5.94. The summed E-state index contributed by atoms with van der Waals surface area (Å²) in [6, 6.07) is 9.29. The zero-order valence-corrected chi connectivity index (χ0v) is 13.4. The maximum atomic E-state index is 12.2. The highest BCUT2D eigenvalue weighted by Gasteiger charge is 2.32. The highest BCUT2D eigenvalue weighted by atomic mass is 16.2. The van der Waals surface area contributed by atoms with Crippen molar-refractivity contribution in [3.63, 3.8) is 0 Å². The molecule has 1 aromatic carbocycles. The number of primary amides is 1. The summed E-state index contributed by atoms with van der Waals surface area (Å²) >= 11 is 0. The van der Waals surface area contributed by atoms with Gasteiger partial charge >= 0.3 is 6.03 Å². The Bertz CT molecular complexity index is 713. The molecule has 24 heavy (non-hydrogen) atoms. The first-order chi connectivity index (χ1) is 11.6. The summed E-state index contributed by atoms with van der Waals surface area (Å²) in [6.07, 6.45) is 5.08. The lowest BCUT2D eigenvalue weighted by atomic mass is 10.2. The van der Waals surface area contributed by atoms with Crippen LogP contribution in [0.25, 0.3) is 0 Å². The Balaban J connectivity index is 1.54. The molecule has 1 aliphatic heterocycles. The summed E-state index contributed by atoms with van der Waals surface area (Å²) in [5.74, 6) is -0.446. The molecule has 0 aliphatic carbocycles. The number of nitrogens with two attached hydrogens (primary N) is 1. The SMILES string of the molecule is NC(=O)[C@@H]1CCCN1C(=O)NCc1cnn(Cc2ccccc2)c1. The van der Waals surface area contributed by atoms with E-state index < -0.39 is 11.9 Å². The molecule has 3 N–H and O–H groups in total. The van der Waals surface area contributed by atoms with Crippen LogP contribution >= 0.6 is 0 Å². The van der Waals surface area contributed by atoms with Crippen molar-refractivity contribution in [1.82, 2.24) is 20.0 Å². The number of benzene rings is 1. The highest BCUT2D eigenvalue weighted by molar-refractivity contribution is 5.86. The molecule has 0 spiro atoms. The number of aromatic nitrogens is 2. The van der Waals surface area contributed by atoms with Crippen molar-refractivity contribution < 1.29 is 9.59 Å². The van der Waals surface area contributed by atoms with E-state index in [2.05, 4.69) is 10.4 Å². The third kappa shape index (κ3) is 3.73. The summed E-state index contributed by atoms with van der Waals surface area (Å²) in [6.45, 7) is 1.62. The zero-order chi connectivity index (χ0) is 16.9. The number of urea groups is 1. The standard InChI is InChI=1S/C17H21N5O2/c18-16(23)15-7-4-8-22(15)17(24)19-9-14-10-20-21(12-14)11-13-5-2-1-3-6-13/h1-3,5-6,10,12,15H,4,7-9,11H2,(H2,18,23)(H,19,24)/t15-/m0/s1. The second kappa shape index (κ2) is 7.16. The summed E-state index contributed by atoms with van der Waals surface area (Å²) < 4.78 is 1.83. The number of carbonyl (C=O) groups is 2. The summed E-state index contributed by atoms with van der Waals surface area (Å²) in [5.41, 5.74) is 7.41. The Morgan fingerprint density at radius 2 is 2.04 bits per heavy atom. The number of amides is 3. The van der Waals surface area contributed by atoms with Gasteiger partial charge in [0.2, 0.25) is 5.91 Å². The van der Waals surface area contributed by atoms with E-state index in [9.17, 15) is 9.59 Å². The van der Waals surface area contributed by atoms with Crippen LogP contribution in [0.5, 0.6) is 0 Å². The van der Waals surface area contributed by atoms with Crippen LogP contribution in [0.1, 0.15) is 24.0 Å². The lowest BCUT2D eigenvalue weighted by Crippen LogP contribution is -2.47. The predicted molar refractivity (Wildman–Crippen MR) is 88.9 cm³/mol. The largest absolute Gasteiger partial charge is 0.368 e. The maximum absolute atomic E-state index is 12.2. The number of nitrogens with one attached hydrogen (secondary N) is 1. The number of rotatable bonds is 5. The van der Waals surface area contributed by atoms with Crippen LogP contribution in [0, 0.1) is 0 Å². The fraction of sp³-hybridized carbons (Fsp3) is 0.353. The van der Waals surface area contributed by atoms with Crippen molar-refractivity contribution in [3.8, 4) is 0 Å². The molecule has 1 aliphatic rings. The summed E-state index contributed by atoms with van der Waals surface area (Å²) in [5, 5.41) is 7.14. The van der Waals surface area contributed by atoms with Crippen LogP contribution in [-0.2, 0) is 17.9 Å². The van der Waals surface area contributed by atoms with Crippen LogP contribution in [0.15, 0.2) is 42.7 Å². The van der Waals surface area contributed by atoms with Gasteiger partial charge in [-0.1, -0.05) is 30.3 Å². The first-order valence-corrected chi connectivity index (χ1v) is 8.02. The Hall–Kier alpha value is -2.83. The Kier molecular flexibility index (Phi) is 4.79. The van der Waals surface area contributed by atoms with E-state index in [1.807, 2.05) is 41.2 Å². The number of likely N-dealkylation sites (tertiary alicyclic amines) is 1. The maximum Gasteiger partial charge on any atom is 0.318 e. The molecular formula is C17H21N5O2. The van der Waals surface area contributed by atoms with Gasteiger partial charge in [0.25, 0.3) is 0 Å².